The molecule has 10 nitrogen and oxygen atoms in total. The number of nitrogens with zero attached hydrogens (tertiary/aromatic N) is 3. The molecule has 1 saturated heterocycles. The molecule has 2 fully saturated rings. The number of ether oxygens (including phenoxy) is 1. The van der Waals surface area contributed by atoms with Gasteiger partial charge in [-0.05, 0) is 12.8 Å². The fourth-order valence-electron chi connectivity index (χ4n) is 3.35. The molecule has 1 aliphatic carbocycles. The molecule has 4 rings (SSSR count). The van der Waals surface area contributed by atoms with Gasteiger partial charge in [0, 0.05) is 6.42 Å². The van der Waals surface area contributed by atoms with Crippen LogP contribution in [-0.4, -0.2) is 47.1 Å². The lowest BCUT2D eigenvalue weighted by atomic mass is 10.1. The highest BCUT2D eigenvalue weighted by atomic mass is 16.5. The lowest BCUT2D eigenvalue weighted by Crippen LogP contribution is -2.32. The molecule has 0 aromatic carbocycles. The van der Waals surface area contributed by atoms with Crippen LogP contribution in [0.1, 0.15) is 25.5 Å². The number of aromatic amines is 1. The molecule has 0 unspecified atom stereocenters. The summed E-state index contributed by atoms with van der Waals surface area (Å²) in [6.45, 7) is -0.146. The van der Waals surface area contributed by atoms with Crippen LogP contribution in [-0.2, 0) is 11.3 Å². The van der Waals surface area contributed by atoms with E-state index in [2.05, 4.69) is 15.9 Å². The Morgan fingerprint density at radius 3 is 2.84 bits per heavy atom. The molecule has 10 heteroatoms. The molecule has 0 spiro atoms. The lowest BCUT2D eigenvalue weighted by Gasteiger charge is -2.18. The summed E-state index contributed by atoms with van der Waals surface area (Å²) in [4.78, 5) is 31.4. The molecule has 3 atom stereocenters. The molecule has 132 valence electrons. The second-order valence-corrected chi connectivity index (χ2v) is 6.49. The number of aliphatic hydroxyl groups excluding tert-OH is 1. The summed E-state index contributed by atoms with van der Waals surface area (Å²) >= 11 is 0. The summed E-state index contributed by atoms with van der Waals surface area (Å²) in [5, 5.41) is 20.6. The normalized spacial score (nSPS) is 27.5. The number of imidazole rings is 1. The Balaban J connectivity index is 1.90. The van der Waals surface area contributed by atoms with E-state index in [4.69, 9.17) is 16.9 Å². The molecule has 3 heterocycles. The largest absolute Gasteiger partial charge is 0.388 e. The van der Waals surface area contributed by atoms with Gasteiger partial charge in [-0.25, -0.2) is 9.36 Å². The number of hydrogen-bond acceptors (Lipinski definition) is 7. The van der Waals surface area contributed by atoms with Gasteiger partial charge in [0.25, 0.3) is 5.56 Å². The third kappa shape index (κ3) is 2.28. The van der Waals surface area contributed by atoms with Crippen molar-refractivity contribution in [1.29, 1.82) is 0 Å². The number of nitrogen functional groups attached to an aromatic ring is 1. The van der Waals surface area contributed by atoms with E-state index in [1.54, 1.807) is 0 Å². The molecular weight excluding hydrogens is 330 g/mol. The third-order valence-corrected chi connectivity index (χ3v) is 4.78. The van der Waals surface area contributed by atoms with Crippen LogP contribution in [0.2, 0.25) is 0 Å². The Morgan fingerprint density at radius 2 is 2.20 bits per heavy atom. The average Bonchev–Trinajstić information content (AvgIpc) is 3.08. The molecule has 0 bridgehead atoms. The number of fused-ring (bicyclic) bond motifs is 1. The third-order valence-electron chi connectivity index (χ3n) is 4.78. The summed E-state index contributed by atoms with van der Waals surface area (Å²) < 4.78 is 7.91. The summed E-state index contributed by atoms with van der Waals surface area (Å²) in [6.07, 6.45) is 3.90. The van der Waals surface area contributed by atoms with E-state index >= 15 is 0 Å². The SMILES string of the molecule is C#CCn1c(=O)n([C@@H]2O[C@H](C3(O)CC3)C[C@H]2O)c2nc(N)[nH]c(=O)c21. The Hall–Kier alpha value is -2.61. The van der Waals surface area contributed by atoms with Gasteiger partial charge in [0.2, 0.25) is 5.95 Å². The number of hydrogen-bond donors (Lipinski definition) is 4. The van der Waals surface area contributed by atoms with Gasteiger partial charge in [0.05, 0.1) is 18.2 Å². The van der Waals surface area contributed by atoms with Crippen molar-refractivity contribution in [1.82, 2.24) is 19.1 Å². The Bertz CT molecular complexity index is 1010. The van der Waals surface area contributed by atoms with Crippen LogP contribution in [0.5, 0.6) is 0 Å². The van der Waals surface area contributed by atoms with Crippen LogP contribution >= 0.6 is 0 Å². The minimum Gasteiger partial charge on any atom is -0.388 e. The number of rotatable bonds is 3. The van der Waals surface area contributed by atoms with Crippen LogP contribution in [0.3, 0.4) is 0 Å². The van der Waals surface area contributed by atoms with E-state index in [0.717, 1.165) is 9.13 Å². The van der Waals surface area contributed by atoms with Crippen molar-refractivity contribution >= 4 is 17.1 Å². The van der Waals surface area contributed by atoms with Crippen LogP contribution in [0.25, 0.3) is 11.2 Å². The quantitative estimate of drug-likeness (QED) is 0.482. The van der Waals surface area contributed by atoms with Crippen LogP contribution in [0, 0.1) is 12.3 Å². The molecule has 1 saturated carbocycles. The number of anilines is 1. The molecule has 2 aromatic rings. The van der Waals surface area contributed by atoms with Gasteiger partial charge >= 0.3 is 5.69 Å². The van der Waals surface area contributed by atoms with Gasteiger partial charge in [-0.2, -0.15) is 4.98 Å². The summed E-state index contributed by atoms with van der Waals surface area (Å²) in [5.74, 6) is 2.14. The molecule has 1 aliphatic heterocycles. The van der Waals surface area contributed by atoms with E-state index in [1.165, 1.54) is 0 Å². The molecule has 5 N–H and O–H groups in total. The van der Waals surface area contributed by atoms with Gasteiger partial charge in [0.1, 0.15) is 6.10 Å². The number of nitrogens with two attached hydrogens (primary N) is 1. The van der Waals surface area contributed by atoms with Crippen molar-refractivity contribution in [2.24, 2.45) is 0 Å². The maximum atomic E-state index is 12.8. The highest BCUT2D eigenvalue weighted by Crippen LogP contribution is 2.46. The van der Waals surface area contributed by atoms with Crippen molar-refractivity contribution in [3.63, 3.8) is 0 Å². The smallest absolute Gasteiger partial charge is 0.333 e. The minimum absolute atomic E-state index is 0.0195. The fraction of sp³-hybridized carbons (Fsp3) is 0.533. The van der Waals surface area contributed by atoms with Crippen molar-refractivity contribution in [3.8, 4) is 12.3 Å². The van der Waals surface area contributed by atoms with Crippen molar-refractivity contribution in [2.45, 2.75) is 49.8 Å². The van der Waals surface area contributed by atoms with Gasteiger partial charge in [0.15, 0.2) is 17.4 Å². The van der Waals surface area contributed by atoms with Crippen LogP contribution < -0.4 is 17.0 Å². The monoisotopic (exact) mass is 347 g/mol. The number of nitrogens with one attached hydrogen (secondary N) is 1. The van der Waals surface area contributed by atoms with Crippen molar-refractivity contribution < 1.29 is 14.9 Å². The number of H-pyrrole nitrogens is 1. The first-order chi connectivity index (χ1) is 11.9. The maximum Gasteiger partial charge on any atom is 0.333 e. The Labute approximate surface area is 140 Å². The maximum absolute atomic E-state index is 12.8. The number of terminal acetylenes is 1. The fourth-order valence-corrected chi connectivity index (χ4v) is 3.35. The van der Waals surface area contributed by atoms with Gasteiger partial charge in [-0.1, -0.05) is 5.92 Å². The van der Waals surface area contributed by atoms with Crippen LogP contribution in [0.15, 0.2) is 9.59 Å². The van der Waals surface area contributed by atoms with E-state index in [1.807, 2.05) is 0 Å². The topological polar surface area (TPSA) is 148 Å². The first-order valence-electron chi connectivity index (χ1n) is 7.85. The van der Waals surface area contributed by atoms with E-state index in [0.29, 0.717) is 12.8 Å². The van der Waals surface area contributed by atoms with Gasteiger partial charge in [-0.3, -0.25) is 14.3 Å². The first-order valence-corrected chi connectivity index (χ1v) is 7.85. The van der Waals surface area contributed by atoms with Gasteiger partial charge in [-0.15, -0.1) is 6.42 Å². The first kappa shape index (κ1) is 15.9. The molecule has 2 aromatic heterocycles. The summed E-state index contributed by atoms with van der Waals surface area (Å²) in [7, 11) is 0. The molecule has 25 heavy (non-hydrogen) atoms. The van der Waals surface area contributed by atoms with E-state index in [-0.39, 0.29) is 30.1 Å². The van der Waals surface area contributed by atoms with E-state index in [9.17, 15) is 19.8 Å². The van der Waals surface area contributed by atoms with Crippen molar-refractivity contribution in [3.05, 3.63) is 20.8 Å². The second kappa shape index (κ2) is 5.19. The molecule has 0 radical (unpaired) electrons. The standard InChI is InChI=1S/C15H17N5O5/c1-2-5-19-9-10(17-13(16)18-11(9)22)20(14(19)23)12-7(21)6-8(25-12)15(24)3-4-15/h1,7-8,12,21,24H,3-6H2,(H3,16,17,18,22)/t7-,8+,12-/m1/s1. The molecular formula is C15H17N5O5. The predicted molar refractivity (Wildman–Crippen MR) is 86.6 cm³/mol. The number of aromatic nitrogens is 4. The Kier molecular flexibility index (Phi) is 3.30. The highest BCUT2D eigenvalue weighted by molar-refractivity contribution is 5.72. The summed E-state index contributed by atoms with van der Waals surface area (Å²) in [5.41, 5.74) is 3.31. The van der Waals surface area contributed by atoms with E-state index < -0.39 is 35.3 Å². The summed E-state index contributed by atoms with van der Waals surface area (Å²) in [6, 6.07) is 0. The minimum atomic E-state index is -1.09. The highest BCUT2D eigenvalue weighted by Gasteiger charge is 2.54. The number of aliphatic hydroxyl groups is 2. The zero-order valence-electron chi connectivity index (χ0n) is 13.2. The zero-order valence-corrected chi connectivity index (χ0v) is 13.2. The molecule has 2 aliphatic rings. The Morgan fingerprint density at radius 1 is 1.48 bits per heavy atom. The van der Waals surface area contributed by atoms with Gasteiger partial charge < -0.3 is 20.7 Å². The average molecular weight is 347 g/mol. The zero-order chi connectivity index (χ0) is 17.9. The second-order valence-electron chi connectivity index (χ2n) is 6.49. The lowest BCUT2D eigenvalue weighted by molar-refractivity contribution is -0.0846. The molecule has 0 amide bonds. The van der Waals surface area contributed by atoms with Crippen molar-refractivity contribution in [2.75, 3.05) is 5.73 Å². The predicted octanol–water partition coefficient (Wildman–Crippen LogP) is -1.72. The van der Waals surface area contributed by atoms with Crippen LogP contribution in [0.4, 0.5) is 5.95 Å².